The molecule has 0 saturated heterocycles. The number of rotatable bonds is 3. The number of hydrogen-bond donors (Lipinski definition) is 3. The Bertz CT molecular complexity index is 949. The minimum Gasteiger partial charge on any atom is -0.508 e. The van der Waals surface area contributed by atoms with Crippen LogP contribution in [0.4, 0.5) is 5.69 Å². The molecular weight excluding hydrogens is 353 g/mol. The summed E-state index contributed by atoms with van der Waals surface area (Å²) in [5.41, 5.74) is 1.15. The third kappa shape index (κ3) is 3.20. The first-order chi connectivity index (χ1) is 11.5. The molecule has 0 spiro atoms. The van der Waals surface area contributed by atoms with Gasteiger partial charge in [-0.25, -0.2) is 0 Å². The van der Waals surface area contributed by atoms with E-state index < -0.39 is 5.91 Å². The molecule has 6 nitrogen and oxygen atoms in total. The van der Waals surface area contributed by atoms with E-state index in [0.717, 1.165) is 0 Å². The van der Waals surface area contributed by atoms with Crippen LogP contribution in [0, 0.1) is 0 Å². The van der Waals surface area contributed by atoms with Crippen LogP contribution in [-0.2, 0) is 11.2 Å². The monoisotopic (exact) mass is 363 g/mol. The molecule has 0 aliphatic carbocycles. The topological polar surface area (TPSA) is 98.0 Å². The molecule has 0 unspecified atom stereocenters. The summed E-state index contributed by atoms with van der Waals surface area (Å²) in [5.74, 6) is -0.670. The Hall–Kier alpha value is -2.57. The van der Waals surface area contributed by atoms with Crippen molar-refractivity contribution in [2.24, 2.45) is 10.2 Å². The Morgan fingerprint density at radius 1 is 1.04 bits per heavy atom. The van der Waals surface area contributed by atoms with Gasteiger partial charge in [-0.3, -0.25) is 4.79 Å². The molecule has 1 aromatic heterocycles. The largest absolute Gasteiger partial charge is 0.508 e. The van der Waals surface area contributed by atoms with Crippen molar-refractivity contribution >= 4 is 45.7 Å². The Balaban J connectivity index is 1.88. The molecule has 3 N–H and O–H groups in total. The number of carbonyl (C=O) groups excluding carboxylic acids is 1. The SMILES string of the molecule is O=C(Cc1ccc(O)cc1)N=Nc1c(O)[nH]c2c(Cl)ccc(Cl)c12. The van der Waals surface area contributed by atoms with Gasteiger partial charge in [-0.15, -0.1) is 10.2 Å². The molecule has 0 bridgehead atoms. The van der Waals surface area contributed by atoms with Gasteiger partial charge in [0.25, 0.3) is 5.91 Å². The first kappa shape index (κ1) is 16.3. The van der Waals surface area contributed by atoms with Gasteiger partial charge >= 0.3 is 0 Å². The number of phenols is 1. The highest BCUT2D eigenvalue weighted by atomic mass is 35.5. The van der Waals surface area contributed by atoms with Gasteiger partial charge in [-0.1, -0.05) is 35.3 Å². The summed E-state index contributed by atoms with van der Waals surface area (Å²) in [4.78, 5) is 14.6. The third-order valence-electron chi connectivity index (χ3n) is 3.36. The number of halogens is 2. The average molecular weight is 364 g/mol. The number of nitrogens with one attached hydrogen (secondary N) is 1. The fraction of sp³-hybridized carbons (Fsp3) is 0.0625. The number of aromatic hydroxyl groups is 2. The van der Waals surface area contributed by atoms with Gasteiger partial charge in [-0.05, 0) is 29.8 Å². The van der Waals surface area contributed by atoms with E-state index in [1.165, 1.54) is 12.1 Å². The van der Waals surface area contributed by atoms with Crippen molar-refractivity contribution in [1.29, 1.82) is 0 Å². The van der Waals surface area contributed by atoms with Crippen LogP contribution in [-0.4, -0.2) is 21.1 Å². The maximum atomic E-state index is 11.9. The highest BCUT2D eigenvalue weighted by molar-refractivity contribution is 6.41. The third-order valence-corrected chi connectivity index (χ3v) is 3.99. The minimum absolute atomic E-state index is 0.0153. The molecule has 1 amide bonds. The van der Waals surface area contributed by atoms with Crippen LogP contribution in [0.3, 0.4) is 0 Å². The highest BCUT2D eigenvalue weighted by Gasteiger charge is 2.16. The van der Waals surface area contributed by atoms with Gasteiger partial charge in [-0.2, -0.15) is 0 Å². The molecule has 1 heterocycles. The fourth-order valence-electron chi connectivity index (χ4n) is 2.23. The molecule has 3 rings (SSSR count). The molecule has 0 aliphatic rings. The zero-order valence-corrected chi connectivity index (χ0v) is 13.6. The molecule has 0 radical (unpaired) electrons. The number of phenolic OH excluding ortho intramolecular Hbond substituents is 1. The van der Waals surface area contributed by atoms with E-state index in [0.29, 0.717) is 26.5 Å². The highest BCUT2D eigenvalue weighted by Crippen LogP contribution is 2.42. The summed E-state index contributed by atoms with van der Waals surface area (Å²) < 4.78 is 0. The van der Waals surface area contributed by atoms with E-state index >= 15 is 0 Å². The first-order valence-electron chi connectivity index (χ1n) is 6.87. The predicted octanol–water partition coefficient (Wildman–Crippen LogP) is 4.74. The second-order valence-corrected chi connectivity index (χ2v) is 5.85. The molecule has 0 aliphatic heterocycles. The van der Waals surface area contributed by atoms with Crippen LogP contribution in [0.15, 0.2) is 46.6 Å². The maximum absolute atomic E-state index is 11.9. The molecule has 0 fully saturated rings. The quantitative estimate of drug-likeness (QED) is 0.586. The number of hydrogen-bond acceptors (Lipinski definition) is 4. The predicted molar refractivity (Wildman–Crippen MR) is 91.3 cm³/mol. The van der Waals surface area contributed by atoms with Crippen molar-refractivity contribution in [2.45, 2.75) is 6.42 Å². The van der Waals surface area contributed by atoms with Crippen molar-refractivity contribution in [1.82, 2.24) is 4.98 Å². The van der Waals surface area contributed by atoms with E-state index in [2.05, 4.69) is 15.2 Å². The number of azo groups is 1. The van der Waals surface area contributed by atoms with Crippen LogP contribution in [0.5, 0.6) is 11.6 Å². The summed E-state index contributed by atoms with van der Waals surface area (Å²) in [6.45, 7) is 0. The number of H-pyrrole nitrogens is 1. The van der Waals surface area contributed by atoms with Gasteiger partial charge in [0.05, 0.1) is 27.4 Å². The van der Waals surface area contributed by atoms with E-state index in [1.54, 1.807) is 24.3 Å². The lowest BCUT2D eigenvalue weighted by Crippen LogP contribution is -1.97. The number of aromatic nitrogens is 1. The van der Waals surface area contributed by atoms with E-state index in [1.807, 2.05) is 0 Å². The van der Waals surface area contributed by atoms with Gasteiger partial charge < -0.3 is 15.2 Å². The zero-order valence-electron chi connectivity index (χ0n) is 12.1. The Morgan fingerprint density at radius 2 is 1.71 bits per heavy atom. The van der Waals surface area contributed by atoms with Crippen LogP contribution in [0.2, 0.25) is 10.0 Å². The number of carbonyl (C=O) groups is 1. The molecular formula is C16H11Cl2N3O3. The fourth-order valence-corrected chi connectivity index (χ4v) is 2.68. The summed E-state index contributed by atoms with van der Waals surface area (Å²) in [7, 11) is 0. The summed E-state index contributed by atoms with van der Waals surface area (Å²) in [6, 6.07) is 9.33. The summed E-state index contributed by atoms with van der Waals surface area (Å²) in [6.07, 6.45) is 0.0153. The molecule has 3 aromatic rings. The van der Waals surface area contributed by atoms with E-state index in [9.17, 15) is 15.0 Å². The molecule has 8 heteroatoms. The average Bonchev–Trinajstić information content (AvgIpc) is 2.89. The minimum atomic E-state index is -0.507. The Labute approximate surface area is 146 Å². The van der Waals surface area contributed by atoms with Crippen molar-refractivity contribution in [3.63, 3.8) is 0 Å². The number of nitrogens with zero attached hydrogens (tertiary/aromatic N) is 2. The van der Waals surface area contributed by atoms with Crippen LogP contribution in [0.1, 0.15) is 5.56 Å². The lowest BCUT2D eigenvalue weighted by molar-refractivity contribution is -0.117. The Morgan fingerprint density at radius 3 is 2.42 bits per heavy atom. The van der Waals surface area contributed by atoms with Crippen LogP contribution < -0.4 is 0 Å². The number of benzene rings is 2. The van der Waals surface area contributed by atoms with Gasteiger partial charge in [0, 0.05) is 0 Å². The molecule has 24 heavy (non-hydrogen) atoms. The normalized spacial score (nSPS) is 11.4. The first-order valence-corrected chi connectivity index (χ1v) is 7.62. The van der Waals surface area contributed by atoms with E-state index in [-0.39, 0.29) is 23.7 Å². The van der Waals surface area contributed by atoms with Crippen LogP contribution in [0.25, 0.3) is 10.9 Å². The Kier molecular flexibility index (Phi) is 4.42. The summed E-state index contributed by atoms with van der Waals surface area (Å²) >= 11 is 12.1. The second kappa shape index (κ2) is 6.51. The smallest absolute Gasteiger partial charge is 0.269 e. The van der Waals surface area contributed by atoms with Crippen molar-refractivity contribution in [2.75, 3.05) is 0 Å². The van der Waals surface area contributed by atoms with Crippen molar-refractivity contribution < 1.29 is 15.0 Å². The summed E-state index contributed by atoms with van der Waals surface area (Å²) in [5, 5.41) is 27.7. The second-order valence-electron chi connectivity index (χ2n) is 5.04. The molecule has 0 atom stereocenters. The van der Waals surface area contributed by atoms with E-state index in [4.69, 9.17) is 23.2 Å². The molecule has 2 aromatic carbocycles. The van der Waals surface area contributed by atoms with Crippen molar-refractivity contribution in [3.8, 4) is 11.6 Å². The number of aromatic amines is 1. The van der Waals surface area contributed by atoms with Gasteiger partial charge in [0.1, 0.15) is 5.75 Å². The standard InChI is InChI=1S/C16H11Cl2N3O3/c17-10-5-6-11(18)14-13(10)15(16(24)19-14)21-20-12(23)7-8-1-3-9(22)4-2-8/h1-6,19,22,24H,7H2. The lowest BCUT2D eigenvalue weighted by atomic mass is 10.1. The molecule has 0 saturated carbocycles. The van der Waals surface area contributed by atoms with Gasteiger partial charge in [0.15, 0.2) is 5.69 Å². The van der Waals surface area contributed by atoms with Gasteiger partial charge in [0.2, 0.25) is 5.88 Å². The molecule has 122 valence electrons. The maximum Gasteiger partial charge on any atom is 0.269 e. The number of amides is 1. The number of fused-ring (bicyclic) bond motifs is 1. The van der Waals surface area contributed by atoms with Crippen LogP contribution >= 0.6 is 23.2 Å². The zero-order chi connectivity index (χ0) is 17.3. The van der Waals surface area contributed by atoms with Crippen molar-refractivity contribution in [3.05, 3.63) is 52.0 Å². The lowest BCUT2D eigenvalue weighted by Gasteiger charge is -1.98.